The first-order valence-electron chi connectivity index (χ1n) is 8.88. The van der Waals surface area contributed by atoms with Crippen molar-refractivity contribution in [3.8, 4) is 28.7 Å². The topological polar surface area (TPSA) is 188 Å². The summed E-state index contributed by atoms with van der Waals surface area (Å²) in [5.41, 5.74) is 2.58. The third kappa shape index (κ3) is 2.27. The van der Waals surface area contributed by atoms with Gasteiger partial charge in [0.05, 0.1) is 5.56 Å². The molecular weight excluding hydrogens is 398 g/mol. The van der Waals surface area contributed by atoms with Gasteiger partial charge in [-0.2, -0.15) is 0 Å². The molecule has 0 spiro atoms. The summed E-state index contributed by atoms with van der Waals surface area (Å²) in [4.78, 5) is 36.9. The highest BCUT2D eigenvalue weighted by Crippen LogP contribution is 2.56. The highest BCUT2D eigenvalue weighted by molar-refractivity contribution is 6.14. The molecule has 1 aliphatic carbocycles. The first kappa shape index (κ1) is 19.4. The number of phenols is 5. The van der Waals surface area contributed by atoms with Crippen molar-refractivity contribution in [2.24, 2.45) is 17.6 Å². The molecule has 1 amide bonds. The fourth-order valence-corrected chi connectivity index (χ4v) is 4.45. The lowest BCUT2D eigenvalue weighted by molar-refractivity contribution is -0.149. The molecule has 30 heavy (non-hydrogen) atoms. The van der Waals surface area contributed by atoms with Gasteiger partial charge in [-0.1, -0.05) is 12.1 Å². The lowest BCUT2D eigenvalue weighted by atomic mass is 9.66. The van der Waals surface area contributed by atoms with Gasteiger partial charge in [-0.3, -0.25) is 14.4 Å². The van der Waals surface area contributed by atoms with Crippen molar-refractivity contribution in [2.75, 3.05) is 0 Å². The fraction of sp³-hybridized carbons (Fsp3) is 0.250. The van der Waals surface area contributed by atoms with Gasteiger partial charge < -0.3 is 36.0 Å². The van der Waals surface area contributed by atoms with Crippen molar-refractivity contribution in [2.45, 2.75) is 18.9 Å². The zero-order valence-corrected chi connectivity index (χ0v) is 15.5. The summed E-state index contributed by atoms with van der Waals surface area (Å²) in [7, 11) is 0. The van der Waals surface area contributed by atoms with E-state index in [9.17, 15) is 39.9 Å². The summed E-state index contributed by atoms with van der Waals surface area (Å²) in [6, 6.07) is 4.30. The van der Waals surface area contributed by atoms with E-state index in [1.807, 2.05) is 0 Å². The van der Waals surface area contributed by atoms with Gasteiger partial charge in [0.1, 0.15) is 22.8 Å². The van der Waals surface area contributed by atoms with Gasteiger partial charge in [0.25, 0.3) is 5.91 Å². The number of Topliss-reactive ketones (excluding diaryl/α,β-unsaturated/α-hetero) is 1. The Labute approximate surface area is 168 Å². The smallest absolute Gasteiger partial charge is 0.318 e. The monoisotopic (exact) mass is 415 g/mol. The number of hydrogen-bond acceptors (Lipinski definition) is 9. The minimum Gasteiger partial charge on any atom is -0.507 e. The highest BCUT2D eigenvalue weighted by Gasteiger charge is 2.62. The molecule has 3 atom stereocenters. The fourth-order valence-electron chi connectivity index (χ4n) is 4.45. The number of benzene rings is 2. The van der Waals surface area contributed by atoms with Crippen LogP contribution in [-0.4, -0.2) is 43.2 Å². The number of carbonyl (C=O) groups is 3. The summed E-state index contributed by atoms with van der Waals surface area (Å²) in [5.74, 6) is -9.37. The maximum Gasteiger partial charge on any atom is 0.318 e. The van der Waals surface area contributed by atoms with Crippen LogP contribution in [0.5, 0.6) is 28.7 Å². The van der Waals surface area contributed by atoms with E-state index < -0.39 is 69.2 Å². The number of hydrogen-bond donors (Lipinski definition) is 6. The maximum absolute atomic E-state index is 12.9. The van der Waals surface area contributed by atoms with Crippen LogP contribution in [0.4, 0.5) is 0 Å². The van der Waals surface area contributed by atoms with Crippen LogP contribution >= 0.6 is 0 Å². The Balaban J connectivity index is 1.89. The molecular formula is C20H17NO9. The molecule has 156 valence electrons. The third-order valence-electron chi connectivity index (χ3n) is 5.95. The van der Waals surface area contributed by atoms with Crippen LogP contribution in [0.1, 0.15) is 38.8 Å². The van der Waals surface area contributed by atoms with Gasteiger partial charge in [0.15, 0.2) is 28.8 Å². The molecule has 1 fully saturated rings. The van der Waals surface area contributed by atoms with Crippen LogP contribution in [0, 0.1) is 11.8 Å². The van der Waals surface area contributed by atoms with Gasteiger partial charge >= 0.3 is 5.97 Å². The van der Waals surface area contributed by atoms with E-state index in [1.54, 1.807) is 0 Å². The van der Waals surface area contributed by atoms with Crippen molar-refractivity contribution in [3.05, 3.63) is 40.5 Å². The Kier molecular flexibility index (Phi) is 3.89. The van der Waals surface area contributed by atoms with Gasteiger partial charge in [0.2, 0.25) is 0 Å². The Hall–Kier alpha value is -3.95. The average molecular weight is 415 g/mol. The predicted molar refractivity (Wildman–Crippen MR) is 98.2 cm³/mol. The van der Waals surface area contributed by atoms with Crippen molar-refractivity contribution >= 4 is 17.7 Å². The quantitative estimate of drug-likeness (QED) is 0.182. The van der Waals surface area contributed by atoms with E-state index in [-0.39, 0.29) is 23.3 Å². The van der Waals surface area contributed by atoms with E-state index >= 15 is 0 Å². The number of ketones is 1. The Morgan fingerprint density at radius 3 is 2.23 bits per heavy atom. The maximum atomic E-state index is 12.9. The van der Waals surface area contributed by atoms with Crippen molar-refractivity contribution in [3.63, 3.8) is 0 Å². The normalized spacial score (nSPS) is 24.4. The second-order valence-electron chi connectivity index (χ2n) is 7.49. The lowest BCUT2D eigenvalue weighted by Gasteiger charge is -2.36. The Morgan fingerprint density at radius 1 is 1.07 bits per heavy atom. The molecule has 2 aromatic rings. The molecule has 0 saturated carbocycles. The predicted octanol–water partition coefficient (Wildman–Crippen LogP) is 0.757. The zero-order valence-electron chi connectivity index (χ0n) is 15.5. The average Bonchev–Trinajstić information content (AvgIpc) is 2.88. The molecule has 2 aliphatic rings. The van der Waals surface area contributed by atoms with E-state index in [0.29, 0.717) is 0 Å². The molecule has 2 aromatic carbocycles. The molecule has 10 heteroatoms. The Morgan fingerprint density at radius 2 is 1.67 bits per heavy atom. The van der Waals surface area contributed by atoms with Crippen LogP contribution in [0.25, 0.3) is 0 Å². The molecule has 1 aliphatic heterocycles. The van der Waals surface area contributed by atoms with Crippen molar-refractivity contribution in [1.82, 2.24) is 0 Å². The molecule has 0 radical (unpaired) electrons. The van der Waals surface area contributed by atoms with Crippen molar-refractivity contribution < 1.29 is 44.7 Å². The SMILES string of the molecule is C[C@@]12OC(=O)[C@@H](C(=O)c3c(O)cccc31)[C@@H]2Cc1c(O)c(O)c(C(N)=O)c(O)c1O. The largest absolute Gasteiger partial charge is 0.507 e. The molecule has 10 nitrogen and oxygen atoms in total. The van der Waals surface area contributed by atoms with E-state index in [1.165, 1.54) is 25.1 Å². The van der Waals surface area contributed by atoms with Gasteiger partial charge in [-0.15, -0.1) is 0 Å². The number of ether oxygens (including phenoxy) is 1. The first-order valence-corrected chi connectivity index (χ1v) is 8.88. The van der Waals surface area contributed by atoms with E-state index in [2.05, 4.69) is 0 Å². The number of aromatic hydroxyl groups is 5. The lowest BCUT2D eigenvalue weighted by Crippen LogP contribution is -2.41. The van der Waals surface area contributed by atoms with Crippen molar-refractivity contribution in [1.29, 1.82) is 0 Å². The number of rotatable bonds is 3. The molecule has 2 bridgehead atoms. The number of fused-ring (bicyclic) bond motifs is 4. The molecule has 4 rings (SSSR count). The standard InChI is InChI=1S/C20H17NO9/c1-20-7-3-2-4-9(22)10(7)15(25)11(19(29)30-20)8(20)5-6-13(23)16(26)12(18(21)28)17(27)14(6)24/h2-4,8,11,22-24,26-27H,5H2,1H3,(H2,21,28)/t8-,11+,20+/m0/s1. The minimum absolute atomic E-state index is 0.0460. The highest BCUT2D eigenvalue weighted by atomic mass is 16.6. The van der Waals surface area contributed by atoms with E-state index in [4.69, 9.17) is 10.5 Å². The summed E-state index contributed by atoms with van der Waals surface area (Å²) in [6.45, 7) is 1.52. The number of primary amides is 1. The second kappa shape index (κ2) is 6.02. The molecule has 0 unspecified atom stereocenters. The first-order chi connectivity index (χ1) is 14.0. The van der Waals surface area contributed by atoms with Gasteiger partial charge in [-0.25, -0.2) is 0 Å². The van der Waals surface area contributed by atoms with Gasteiger partial charge in [0, 0.05) is 17.0 Å². The van der Waals surface area contributed by atoms with Crippen LogP contribution in [0.2, 0.25) is 0 Å². The molecule has 7 N–H and O–H groups in total. The Bertz CT molecular complexity index is 1130. The number of nitrogens with two attached hydrogens (primary N) is 1. The van der Waals surface area contributed by atoms with E-state index in [0.717, 1.165) is 0 Å². The zero-order chi connectivity index (χ0) is 22.1. The summed E-state index contributed by atoms with van der Waals surface area (Å²) in [5, 5.41) is 50.9. The molecule has 1 heterocycles. The van der Waals surface area contributed by atoms with Crippen LogP contribution in [0.15, 0.2) is 18.2 Å². The second-order valence-corrected chi connectivity index (χ2v) is 7.49. The number of esters is 1. The minimum atomic E-state index is -1.41. The summed E-state index contributed by atoms with van der Waals surface area (Å²) >= 11 is 0. The van der Waals surface area contributed by atoms with Crippen LogP contribution < -0.4 is 5.73 Å². The third-order valence-corrected chi connectivity index (χ3v) is 5.95. The summed E-state index contributed by atoms with van der Waals surface area (Å²) < 4.78 is 5.48. The number of carbonyl (C=O) groups excluding carboxylic acids is 3. The molecule has 0 aromatic heterocycles. The van der Waals surface area contributed by atoms with Crippen LogP contribution in [0.3, 0.4) is 0 Å². The van der Waals surface area contributed by atoms with Gasteiger partial charge in [-0.05, 0) is 19.4 Å². The number of amides is 1. The summed E-state index contributed by atoms with van der Waals surface area (Å²) in [6.07, 6.45) is -0.383. The van der Waals surface area contributed by atoms with Crippen LogP contribution in [-0.2, 0) is 21.6 Å². The number of phenolic OH excluding ortho intramolecular Hbond substituents is 3. The molecule has 1 saturated heterocycles.